The maximum absolute atomic E-state index is 8.88. The molecule has 5 rings (SSSR count). The second-order valence-corrected chi connectivity index (χ2v) is 8.33. The first-order chi connectivity index (χ1) is 14.2. The Hall–Kier alpha value is -2.99. The molecule has 2 fully saturated rings. The Labute approximate surface area is 168 Å². The largest absolute Gasteiger partial charge is 0.322 e. The van der Waals surface area contributed by atoms with Crippen molar-refractivity contribution in [1.82, 2.24) is 35.3 Å². The molecule has 9 nitrogen and oxygen atoms in total. The summed E-state index contributed by atoms with van der Waals surface area (Å²) in [5, 5.41) is 27.6. The summed E-state index contributed by atoms with van der Waals surface area (Å²) in [6, 6.07) is 5.51. The van der Waals surface area contributed by atoms with Gasteiger partial charge in [-0.1, -0.05) is 0 Å². The van der Waals surface area contributed by atoms with Crippen molar-refractivity contribution in [2.24, 2.45) is 5.92 Å². The molecular weight excluding hydrogens is 366 g/mol. The molecule has 0 radical (unpaired) electrons. The Morgan fingerprint density at radius 3 is 2.76 bits per heavy atom. The van der Waals surface area contributed by atoms with Crippen LogP contribution in [0.25, 0.3) is 11.2 Å². The average molecular weight is 391 g/mol. The van der Waals surface area contributed by atoms with E-state index in [1.54, 1.807) is 12.4 Å². The molecule has 0 aliphatic carbocycles. The molecule has 2 unspecified atom stereocenters. The van der Waals surface area contributed by atoms with Crippen molar-refractivity contribution in [3.63, 3.8) is 0 Å². The van der Waals surface area contributed by atoms with Gasteiger partial charge in [0, 0.05) is 30.3 Å². The maximum atomic E-state index is 8.88. The summed E-state index contributed by atoms with van der Waals surface area (Å²) in [5.41, 5.74) is 2.61. The zero-order chi connectivity index (χ0) is 19.8. The summed E-state index contributed by atoms with van der Waals surface area (Å²) in [6.45, 7) is 1.96. The number of anilines is 2. The molecule has 3 aromatic heterocycles. The number of nitriles is 1. The zero-order valence-electron chi connectivity index (χ0n) is 16.5. The van der Waals surface area contributed by atoms with Crippen LogP contribution in [0, 0.1) is 24.2 Å². The number of rotatable bonds is 5. The number of hydrogen-bond acceptors (Lipinski definition) is 7. The number of aromatic amines is 1. The minimum absolute atomic E-state index is 0.317. The van der Waals surface area contributed by atoms with Crippen molar-refractivity contribution in [3.8, 4) is 6.07 Å². The minimum atomic E-state index is 0.317. The Morgan fingerprint density at radius 1 is 1.21 bits per heavy atom. The van der Waals surface area contributed by atoms with Gasteiger partial charge in [-0.3, -0.25) is 5.10 Å². The van der Waals surface area contributed by atoms with Gasteiger partial charge >= 0.3 is 0 Å². The fourth-order valence-electron chi connectivity index (χ4n) is 4.92. The Balaban J connectivity index is 1.35. The predicted octanol–water partition coefficient (Wildman–Crippen LogP) is 2.98. The summed E-state index contributed by atoms with van der Waals surface area (Å²) in [6.07, 6.45) is 9.57. The molecule has 0 saturated carbocycles. The van der Waals surface area contributed by atoms with Crippen molar-refractivity contribution in [1.29, 1.82) is 5.26 Å². The number of H-pyrrole nitrogens is 1. The van der Waals surface area contributed by atoms with E-state index in [1.807, 2.05) is 13.0 Å². The van der Waals surface area contributed by atoms with E-state index >= 15 is 0 Å². The van der Waals surface area contributed by atoms with Gasteiger partial charge in [-0.15, -0.1) is 0 Å². The quantitative estimate of drug-likeness (QED) is 0.611. The van der Waals surface area contributed by atoms with Gasteiger partial charge in [-0.05, 0) is 44.9 Å². The molecule has 29 heavy (non-hydrogen) atoms. The molecule has 4 atom stereocenters. The van der Waals surface area contributed by atoms with Gasteiger partial charge in [0.25, 0.3) is 0 Å². The normalized spacial score (nSPS) is 26.3. The highest BCUT2D eigenvalue weighted by Crippen LogP contribution is 2.37. The van der Waals surface area contributed by atoms with E-state index < -0.39 is 0 Å². The first kappa shape index (κ1) is 18.1. The number of nitrogens with zero attached hydrogens (tertiary/aromatic N) is 6. The molecule has 2 aliphatic heterocycles. The van der Waals surface area contributed by atoms with Crippen molar-refractivity contribution < 1.29 is 0 Å². The number of hydrogen-bond donors (Lipinski definition) is 3. The van der Waals surface area contributed by atoms with Gasteiger partial charge in [0.2, 0.25) is 0 Å². The summed E-state index contributed by atoms with van der Waals surface area (Å²) >= 11 is 0. The second kappa shape index (κ2) is 7.44. The van der Waals surface area contributed by atoms with Gasteiger partial charge in [0.05, 0.1) is 24.5 Å². The van der Waals surface area contributed by atoms with Crippen LogP contribution >= 0.6 is 0 Å². The number of piperidine rings is 2. The highest BCUT2D eigenvalue weighted by atomic mass is 15.3. The summed E-state index contributed by atoms with van der Waals surface area (Å²) in [7, 11) is 0. The van der Waals surface area contributed by atoms with Crippen LogP contribution < -0.4 is 10.6 Å². The summed E-state index contributed by atoms with van der Waals surface area (Å²) < 4.78 is 2.06. The Bertz CT molecular complexity index is 1030. The summed E-state index contributed by atoms with van der Waals surface area (Å²) in [4.78, 5) is 9.31. The van der Waals surface area contributed by atoms with Crippen LogP contribution in [-0.4, -0.2) is 42.0 Å². The highest BCUT2D eigenvalue weighted by molar-refractivity contribution is 5.72. The molecule has 3 N–H and O–H groups in total. The molecule has 0 aromatic carbocycles. The number of fused-ring (bicyclic) bond motifs is 3. The van der Waals surface area contributed by atoms with Crippen molar-refractivity contribution in [2.45, 2.75) is 63.6 Å². The van der Waals surface area contributed by atoms with Gasteiger partial charge in [0.15, 0.2) is 17.3 Å². The van der Waals surface area contributed by atoms with Crippen LogP contribution in [0.15, 0.2) is 18.5 Å². The third-order valence-corrected chi connectivity index (χ3v) is 6.10. The molecule has 2 saturated heterocycles. The second-order valence-electron chi connectivity index (χ2n) is 8.33. The van der Waals surface area contributed by atoms with Crippen molar-refractivity contribution in [2.75, 3.05) is 5.32 Å². The van der Waals surface area contributed by atoms with Gasteiger partial charge in [-0.25, -0.2) is 14.6 Å². The lowest BCUT2D eigenvalue weighted by Crippen LogP contribution is -2.51. The van der Waals surface area contributed by atoms with Crippen LogP contribution in [0.5, 0.6) is 0 Å². The molecule has 5 heterocycles. The third-order valence-electron chi connectivity index (χ3n) is 6.10. The molecule has 0 amide bonds. The van der Waals surface area contributed by atoms with E-state index in [4.69, 9.17) is 10.2 Å². The lowest BCUT2D eigenvalue weighted by molar-refractivity contribution is 0.139. The van der Waals surface area contributed by atoms with Crippen molar-refractivity contribution >= 4 is 22.8 Å². The van der Waals surface area contributed by atoms with E-state index in [-0.39, 0.29) is 0 Å². The first-order valence-corrected chi connectivity index (χ1v) is 10.3. The monoisotopic (exact) mass is 391 g/mol. The molecular formula is C20H25N9. The maximum Gasteiger partial charge on any atom is 0.179 e. The van der Waals surface area contributed by atoms with E-state index in [0.717, 1.165) is 54.8 Å². The topological polar surface area (TPSA) is 120 Å². The van der Waals surface area contributed by atoms with E-state index in [9.17, 15) is 0 Å². The lowest BCUT2D eigenvalue weighted by Gasteiger charge is -2.43. The van der Waals surface area contributed by atoms with E-state index in [0.29, 0.717) is 36.3 Å². The molecule has 9 heteroatoms. The van der Waals surface area contributed by atoms with E-state index in [2.05, 4.69) is 41.7 Å². The molecule has 2 aliphatic rings. The number of nitrogens with one attached hydrogen (secondary N) is 3. The van der Waals surface area contributed by atoms with E-state index in [1.165, 1.54) is 0 Å². The standard InChI is InChI=1S/C20H25N9/c1-12-5-18(28-27-12)25-19-11-22-17-10-23-29(20(17)26-19)16-8-14-6-13(3-2-4-21)7-15(9-16)24-14/h5,10-11,13-16,24H,2-3,6-9H2,1H3,(H2,25,26,27,28)/t13?,14-,15+,16?. The number of aryl methyl sites for hydroxylation is 1. The molecule has 150 valence electrons. The summed E-state index contributed by atoms with van der Waals surface area (Å²) in [5.74, 6) is 2.05. The van der Waals surface area contributed by atoms with Crippen molar-refractivity contribution in [3.05, 3.63) is 24.2 Å². The van der Waals surface area contributed by atoms with Gasteiger partial charge < -0.3 is 10.6 Å². The molecule has 3 aromatic rings. The fourth-order valence-corrected chi connectivity index (χ4v) is 4.92. The average Bonchev–Trinajstić information content (AvgIpc) is 3.31. The smallest absolute Gasteiger partial charge is 0.179 e. The Kier molecular flexibility index (Phi) is 4.64. The lowest BCUT2D eigenvalue weighted by atomic mass is 9.77. The van der Waals surface area contributed by atoms with Crippen LogP contribution in [0.1, 0.15) is 50.3 Å². The van der Waals surface area contributed by atoms with Crippen LogP contribution in [0.4, 0.5) is 11.6 Å². The SMILES string of the molecule is Cc1cc(Nc2cnc3cnn(C4C[C@H]5CC(CCC#N)C[C@@H](C4)N5)c3n2)n[nH]1. The van der Waals surface area contributed by atoms with Crippen LogP contribution in [0.3, 0.4) is 0 Å². The first-order valence-electron chi connectivity index (χ1n) is 10.3. The van der Waals surface area contributed by atoms with Crippen LogP contribution in [-0.2, 0) is 0 Å². The predicted molar refractivity (Wildman–Crippen MR) is 108 cm³/mol. The van der Waals surface area contributed by atoms with Crippen LogP contribution in [0.2, 0.25) is 0 Å². The zero-order valence-corrected chi connectivity index (χ0v) is 16.5. The Morgan fingerprint density at radius 2 is 2.03 bits per heavy atom. The molecule has 0 spiro atoms. The molecule has 2 bridgehead atoms. The van der Waals surface area contributed by atoms with Gasteiger partial charge in [0.1, 0.15) is 5.52 Å². The highest BCUT2D eigenvalue weighted by Gasteiger charge is 2.36. The fraction of sp³-hybridized carbons (Fsp3) is 0.550. The minimum Gasteiger partial charge on any atom is -0.322 e. The third kappa shape index (κ3) is 3.68. The van der Waals surface area contributed by atoms with Gasteiger partial charge in [-0.2, -0.15) is 15.5 Å². The number of aromatic nitrogens is 6.